The predicted octanol–water partition coefficient (Wildman–Crippen LogP) is 1.76. The van der Waals surface area contributed by atoms with Gasteiger partial charge in [-0.25, -0.2) is 14.8 Å². The van der Waals surface area contributed by atoms with Crippen molar-refractivity contribution in [2.24, 2.45) is 5.41 Å². The predicted molar refractivity (Wildman–Crippen MR) is 76.4 cm³/mol. The van der Waals surface area contributed by atoms with E-state index in [9.17, 15) is 4.79 Å². The van der Waals surface area contributed by atoms with Gasteiger partial charge in [-0.3, -0.25) is 0 Å². The first-order chi connectivity index (χ1) is 9.36. The minimum absolute atomic E-state index is 0.212. The van der Waals surface area contributed by atoms with Gasteiger partial charge in [0.15, 0.2) is 0 Å². The summed E-state index contributed by atoms with van der Waals surface area (Å²) in [5, 5.41) is 1.94. The SMILES string of the molecule is CC(C)(C)C(=O)ON1CCN(c2ccnc(Cl)n2)CC1. The Kier molecular flexibility index (Phi) is 4.45. The number of hydrogen-bond acceptors (Lipinski definition) is 6. The molecule has 0 bridgehead atoms. The molecule has 1 aliphatic heterocycles. The molecule has 1 aromatic heterocycles. The zero-order valence-electron chi connectivity index (χ0n) is 12.0. The molecule has 0 radical (unpaired) electrons. The molecule has 7 heteroatoms. The molecule has 0 unspecified atom stereocenters. The second-order valence-corrected chi connectivity index (χ2v) is 6.07. The summed E-state index contributed by atoms with van der Waals surface area (Å²) in [5.74, 6) is 0.586. The Bertz CT molecular complexity index is 482. The Morgan fingerprint density at radius 2 is 1.95 bits per heavy atom. The molecule has 0 spiro atoms. The van der Waals surface area contributed by atoms with Crippen molar-refractivity contribution in [3.8, 4) is 0 Å². The molecule has 0 amide bonds. The van der Waals surface area contributed by atoms with Gasteiger partial charge >= 0.3 is 5.97 Å². The van der Waals surface area contributed by atoms with E-state index in [0.717, 1.165) is 18.9 Å². The van der Waals surface area contributed by atoms with Crippen molar-refractivity contribution < 1.29 is 9.63 Å². The molecule has 6 nitrogen and oxygen atoms in total. The molecule has 1 saturated heterocycles. The van der Waals surface area contributed by atoms with Crippen molar-refractivity contribution in [2.75, 3.05) is 31.1 Å². The maximum Gasteiger partial charge on any atom is 0.330 e. The number of rotatable bonds is 2. The number of hydroxylamine groups is 2. The summed E-state index contributed by atoms with van der Waals surface area (Å²) in [6, 6.07) is 1.82. The average molecular weight is 299 g/mol. The minimum atomic E-state index is -0.489. The summed E-state index contributed by atoms with van der Waals surface area (Å²) >= 11 is 5.78. The number of anilines is 1. The van der Waals surface area contributed by atoms with Crippen LogP contribution in [0, 0.1) is 5.41 Å². The Morgan fingerprint density at radius 1 is 1.30 bits per heavy atom. The van der Waals surface area contributed by atoms with Crippen LogP contribution in [0.25, 0.3) is 0 Å². The highest BCUT2D eigenvalue weighted by Gasteiger charge is 2.28. The summed E-state index contributed by atoms with van der Waals surface area (Å²) in [7, 11) is 0. The normalized spacial score (nSPS) is 17.1. The van der Waals surface area contributed by atoms with Crippen LogP contribution in [-0.2, 0) is 9.63 Å². The highest BCUT2D eigenvalue weighted by atomic mass is 35.5. The number of aromatic nitrogens is 2. The van der Waals surface area contributed by atoms with Gasteiger partial charge in [-0.05, 0) is 38.4 Å². The highest BCUT2D eigenvalue weighted by molar-refractivity contribution is 6.28. The number of hydrogen-bond donors (Lipinski definition) is 0. The van der Waals surface area contributed by atoms with E-state index in [2.05, 4.69) is 14.9 Å². The Balaban J connectivity index is 1.88. The first kappa shape index (κ1) is 15.0. The van der Waals surface area contributed by atoms with Gasteiger partial charge in [0.25, 0.3) is 0 Å². The van der Waals surface area contributed by atoms with Crippen molar-refractivity contribution in [2.45, 2.75) is 20.8 Å². The lowest BCUT2D eigenvalue weighted by molar-refractivity contribution is -0.201. The van der Waals surface area contributed by atoms with Gasteiger partial charge < -0.3 is 9.74 Å². The monoisotopic (exact) mass is 298 g/mol. The zero-order chi connectivity index (χ0) is 14.8. The molecule has 0 aromatic carbocycles. The molecular formula is C13H19ClN4O2. The lowest BCUT2D eigenvalue weighted by Gasteiger charge is -2.35. The van der Waals surface area contributed by atoms with Crippen molar-refractivity contribution in [3.63, 3.8) is 0 Å². The van der Waals surface area contributed by atoms with Crippen LogP contribution in [0.4, 0.5) is 5.82 Å². The van der Waals surface area contributed by atoms with Crippen LogP contribution < -0.4 is 4.90 Å². The van der Waals surface area contributed by atoms with E-state index in [4.69, 9.17) is 16.4 Å². The number of piperazine rings is 1. The third-order valence-electron chi connectivity index (χ3n) is 3.00. The number of halogens is 1. The third kappa shape index (κ3) is 3.80. The molecule has 0 saturated carbocycles. The van der Waals surface area contributed by atoms with Crippen LogP contribution in [0.2, 0.25) is 5.28 Å². The second-order valence-electron chi connectivity index (χ2n) is 5.73. The van der Waals surface area contributed by atoms with Crippen LogP contribution in [0.3, 0.4) is 0 Å². The molecule has 2 heterocycles. The van der Waals surface area contributed by atoms with Gasteiger partial charge in [-0.15, -0.1) is 5.06 Å². The van der Waals surface area contributed by atoms with E-state index in [1.807, 2.05) is 26.8 Å². The maximum absolute atomic E-state index is 11.8. The van der Waals surface area contributed by atoms with E-state index in [1.54, 1.807) is 11.3 Å². The smallest absolute Gasteiger partial charge is 0.330 e. The third-order valence-corrected chi connectivity index (χ3v) is 3.18. The summed E-state index contributed by atoms with van der Waals surface area (Å²) in [5.41, 5.74) is -0.489. The minimum Gasteiger partial charge on any atom is -0.367 e. The van der Waals surface area contributed by atoms with Crippen LogP contribution >= 0.6 is 11.6 Å². The van der Waals surface area contributed by atoms with Crippen LogP contribution in [0.15, 0.2) is 12.3 Å². The molecule has 110 valence electrons. The largest absolute Gasteiger partial charge is 0.367 e. The van der Waals surface area contributed by atoms with Crippen molar-refractivity contribution in [1.29, 1.82) is 0 Å². The van der Waals surface area contributed by atoms with Gasteiger partial charge in [0.2, 0.25) is 5.28 Å². The van der Waals surface area contributed by atoms with Crippen LogP contribution in [0.5, 0.6) is 0 Å². The van der Waals surface area contributed by atoms with Crippen LogP contribution in [-0.4, -0.2) is 47.2 Å². The topological polar surface area (TPSA) is 58.6 Å². The Labute approximate surface area is 123 Å². The molecule has 0 atom stereocenters. The van der Waals surface area contributed by atoms with E-state index in [1.165, 1.54) is 0 Å². The summed E-state index contributed by atoms with van der Waals surface area (Å²) < 4.78 is 0. The summed E-state index contributed by atoms with van der Waals surface area (Å²) in [4.78, 5) is 27.3. The molecule has 20 heavy (non-hydrogen) atoms. The fraction of sp³-hybridized carbons (Fsp3) is 0.615. The van der Waals surface area contributed by atoms with Crippen molar-refractivity contribution in [1.82, 2.24) is 15.0 Å². The highest BCUT2D eigenvalue weighted by Crippen LogP contribution is 2.18. The van der Waals surface area contributed by atoms with E-state index >= 15 is 0 Å². The fourth-order valence-corrected chi connectivity index (χ4v) is 1.91. The van der Waals surface area contributed by atoms with Crippen molar-refractivity contribution >= 4 is 23.4 Å². The first-order valence-electron chi connectivity index (χ1n) is 6.57. The van der Waals surface area contributed by atoms with Gasteiger partial charge in [0.1, 0.15) is 5.82 Å². The van der Waals surface area contributed by atoms with E-state index in [-0.39, 0.29) is 11.3 Å². The van der Waals surface area contributed by atoms with E-state index in [0.29, 0.717) is 13.1 Å². The molecule has 2 rings (SSSR count). The number of carbonyl (C=O) groups excluding carboxylic acids is 1. The summed E-state index contributed by atoms with van der Waals surface area (Å²) in [6.45, 7) is 8.26. The quantitative estimate of drug-likeness (QED) is 0.776. The maximum atomic E-state index is 11.8. The second kappa shape index (κ2) is 5.93. The molecule has 1 fully saturated rings. The molecule has 1 aromatic rings. The molecule has 0 aliphatic carbocycles. The molecule has 0 N–H and O–H groups in total. The van der Waals surface area contributed by atoms with Gasteiger partial charge in [0.05, 0.1) is 18.5 Å². The van der Waals surface area contributed by atoms with Gasteiger partial charge in [-0.1, -0.05) is 0 Å². The first-order valence-corrected chi connectivity index (χ1v) is 6.95. The Hall–Kier alpha value is -1.40. The average Bonchev–Trinajstić information content (AvgIpc) is 2.38. The van der Waals surface area contributed by atoms with Gasteiger partial charge in [-0.2, -0.15) is 0 Å². The van der Waals surface area contributed by atoms with Crippen molar-refractivity contribution in [3.05, 3.63) is 17.5 Å². The van der Waals surface area contributed by atoms with Crippen LogP contribution in [0.1, 0.15) is 20.8 Å². The summed E-state index contributed by atoms with van der Waals surface area (Å²) in [6.07, 6.45) is 1.64. The lowest BCUT2D eigenvalue weighted by atomic mass is 9.98. The zero-order valence-corrected chi connectivity index (χ0v) is 12.7. The van der Waals surface area contributed by atoms with E-state index < -0.39 is 5.41 Å². The lowest BCUT2D eigenvalue weighted by Crippen LogP contribution is -2.48. The number of nitrogens with zero attached hydrogens (tertiary/aromatic N) is 4. The fourth-order valence-electron chi connectivity index (χ4n) is 1.76. The standard InChI is InChI=1S/C13H19ClN4O2/c1-13(2,3)11(19)20-18-8-6-17(7-9-18)10-4-5-15-12(14)16-10/h4-5H,6-9H2,1-3H3. The Morgan fingerprint density at radius 3 is 2.50 bits per heavy atom. The molecular weight excluding hydrogens is 280 g/mol. The van der Waals surface area contributed by atoms with Gasteiger partial charge in [0, 0.05) is 19.3 Å². The molecule has 1 aliphatic rings. The number of carbonyl (C=O) groups is 1.